The highest BCUT2D eigenvalue weighted by Gasteiger charge is 2.22. The summed E-state index contributed by atoms with van der Waals surface area (Å²) in [6, 6.07) is -0.505. The van der Waals surface area contributed by atoms with Gasteiger partial charge in [-0.3, -0.25) is 4.79 Å². The number of esters is 1. The Balaban J connectivity index is 0.00000289. The van der Waals surface area contributed by atoms with Crippen LogP contribution in [0.25, 0.3) is 0 Å². The third-order valence-corrected chi connectivity index (χ3v) is 3.16. The number of amides is 1. The zero-order valence-corrected chi connectivity index (χ0v) is 11.8. The minimum Gasteiger partial charge on any atom is -0.467 e. The molecular weight excluding hydrogens is 256 g/mol. The van der Waals surface area contributed by atoms with E-state index in [1.54, 1.807) is 0 Å². The second-order valence-electron chi connectivity index (χ2n) is 4.45. The van der Waals surface area contributed by atoms with Crippen molar-refractivity contribution in [2.24, 2.45) is 5.92 Å². The lowest BCUT2D eigenvalue weighted by Gasteiger charge is -2.23. The topological polar surface area (TPSA) is 67.4 Å². The first kappa shape index (κ1) is 17.2. The van der Waals surface area contributed by atoms with Crippen LogP contribution in [0.2, 0.25) is 0 Å². The zero-order chi connectivity index (χ0) is 12.7. The van der Waals surface area contributed by atoms with E-state index >= 15 is 0 Å². The van der Waals surface area contributed by atoms with E-state index < -0.39 is 6.04 Å². The maximum absolute atomic E-state index is 11.8. The molecule has 6 heteroatoms. The van der Waals surface area contributed by atoms with Crippen molar-refractivity contribution in [2.75, 3.05) is 20.2 Å². The molecule has 0 aromatic rings. The summed E-state index contributed by atoms with van der Waals surface area (Å²) in [5, 5.41) is 5.99. The Kier molecular flexibility index (Phi) is 8.75. The lowest BCUT2D eigenvalue weighted by molar-refractivity contribution is -0.145. The lowest BCUT2D eigenvalue weighted by Crippen LogP contribution is -2.42. The lowest BCUT2D eigenvalue weighted by atomic mass is 9.94. The molecule has 1 aliphatic rings. The van der Waals surface area contributed by atoms with E-state index in [0.29, 0.717) is 18.8 Å². The SMILES string of the molecule is CCC(NC(=O)CC1CCNCC1)C(=O)OC.Cl. The number of ether oxygens (including phenoxy) is 1. The molecule has 5 nitrogen and oxygen atoms in total. The average molecular weight is 279 g/mol. The molecule has 0 radical (unpaired) electrons. The molecule has 1 saturated heterocycles. The Hall–Kier alpha value is -0.810. The van der Waals surface area contributed by atoms with Crippen LogP contribution in [0.3, 0.4) is 0 Å². The van der Waals surface area contributed by atoms with E-state index in [0.717, 1.165) is 25.9 Å². The van der Waals surface area contributed by atoms with Crippen LogP contribution in [0.4, 0.5) is 0 Å². The van der Waals surface area contributed by atoms with Gasteiger partial charge in [0, 0.05) is 6.42 Å². The number of hydrogen-bond acceptors (Lipinski definition) is 4. The Labute approximate surface area is 114 Å². The van der Waals surface area contributed by atoms with Gasteiger partial charge >= 0.3 is 5.97 Å². The van der Waals surface area contributed by atoms with Crippen molar-refractivity contribution in [1.29, 1.82) is 0 Å². The van der Waals surface area contributed by atoms with Crippen molar-refractivity contribution in [1.82, 2.24) is 10.6 Å². The smallest absolute Gasteiger partial charge is 0.328 e. The maximum atomic E-state index is 11.8. The van der Waals surface area contributed by atoms with Crippen molar-refractivity contribution in [2.45, 2.75) is 38.6 Å². The fourth-order valence-electron chi connectivity index (χ4n) is 2.07. The molecule has 0 bridgehead atoms. The highest BCUT2D eigenvalue weighted by molar-refractivity contribution is 5.85. The molecule has 1 rings (SSSR count). The van der Waals surface area contributed by atoms with E-state index in [1.165, 1.54) is 7.11 Å². The average Bonchev–Trinajstić information content (AvgIpc) is 2.36. The fourth-order valence-corrected chi connectivity index (χ4v) is 2.07. The van der Waals surface area contributed by atoms with Gasteiger partial charge in [-0.25, -0.2) is 4.79 Å². The van der Waals surface area contributed by atoms with Gasteiger partial charge in [-0.05, 0) is 38.3 Å². The Morgan fingerprint density at radius 2 is 2.00 bits per heavy atom. The summed E-state index contributed by atoms with van der Waals surface area (Å²) in [6.45, 7) is 3.81. The van der Waals surface area contributed by atoms with Crippen LogP contribution in [0.5, 0.6) is 0 Å². The van der Waals surface area contributed by atoms with Crippen LogP contribution in [-0.2, 0) is 14.3 Å². The predicted octanol–water partition coefficient (Wildman–Crippen LogP) is 0.866. The summed E-state index contributed by atoms with van der Waals surface area (Å²) in [5.41, 5.74) is 0. The molecule has 18 heavy (non-hydrogen) atoms. The minimum absolute atomic E-state index is 0. The van der Waals surface area contributed by atoms with Crippen molar-refractivity contribution in [3.63, 3.8) is 0 Å². The first-order valence-corrected chi connectivity index (χ1v) is 6.25. The largest absolute Gasteiger partial charge is 0.467 e. The van der Waals surface area contributed by atoms with Crippen molar-refractivity contribution in [3.05, 3.63) is 0 Å². The predicted molar refractivity (Wildman–Crippen MR) is 71.7 cm³/mol. The quantitative estimate of drug-likeness (QED) is 0.732. The third-order valence-electron chi connectivity index (χ3n) is 3.16. The highest BCUT2D eigenvalue weighted by atomic mass is 35.5. The number of piperidine rings is 1. The summed E-state index contributed by atoms with van der Waals surface area (Å²) < 4.78 is 4.63. The first-order chi connectivity index (χ1) is 8.17. The normalized spacial score (nSPS) is 17.4. The molecule has 0 aromatic heterocycles. The van der Waals surface area contributed by atoms with Crippen molar-refractivity contribution in [3.8, 4) is 0 Å². The Morgan fingerprint density at radius 3 is 2.50 bits per heavy atom. The summed E-state index contributed by atoms with van der Waals surface area (Å²) in [7, 11) is 1.34. The van der Waals surface area contributed by atoms with Gasteiger partial charge in [0.05, 0.1) is 7.11 Å². The molecule has 1 aliphatic heterocycles. The second-order valence-corrected chi connectivity index (χ2v) is 4.45. The van der Waals surface area contributed by atoms with Gasteiger partial charge in [-0.15, -0.1) is 12.4 Å². The zero-order valence-electron chi connectivity index (χ0n) is 11.0. The molecule has 1 atom stereocenters. The number of methoxy groups -OCH3 is 1. The number of carbonyl (C=O) groups excluding carboxylic acids is 2. The standard InChI is InChI=1S/C12H22N2O3.ClH/c1-3-10(12(16)17-2)14-11(15)8-9-4-6-13-7-5-9;/h9-10,13H,3-8H2,1-2H3,(H,14,15);1H. The molecule has 1 heterocycles. The Bertz CT molecular complexity index is 268. The number of halogens is 1. The Morgan fingerprint density at radius 1 is 1.39 bits per heavy atom. The highest BCUT2D eigenvalue weighted by Crippen LogP contribution is 2.15. The number of rotatable bonds is 5. The molecule has 0 spiro atoms. The number of hydrogen-bond donors (Lipinski definition) is 2. The molecule has 106 valence electrons. The molecule has 1 unspecified atom stereocenters. The van der Waals surface area contributed by atoms with Gasteiger partial charge in [0.25, 0.3) is 0 Å². The summed E-state index contributed by atoms with van der Waals surface area (Å²) in [5.74, 6) is 0.0201. The fraction of sp³-hybridized carbons (Fsp3) is 0.833. The van der Waals surface area contributed by atoms with Crippen LogP contribution in [0.15, 0.2) is 0 Å². The summed E-state index contributed by atoms with van der Waals surface area (Å²) in [4.78, 5) is 23.1. The molecule has 1 amide bonds. The molecule has 1 fully saturated rings. The van der Waals surface area contributed by atoms with Crippen LogP contribution in [0.1, 0.15) is 32.6 Å². The van der Waals surface area contributed by atoms with Gasteiger partial charge in [0.2, 0.25) is 5.91 Å². The van der Waals surface area contributed by atoms with Crippen LogP contribution in [-0.4, -0.2) is 38.1 Å². The van der Waals surface area contributed by atoms with Gasteiger partial charge in [0.1, 0.15) is 6.04 Å². The van der Waals surface area contributed by atoms with E-state index in [1.807, 2.05) is 6.92 Å². The molecule has 0 saturated carbocycles. The van der Waals surface area contributed by atoms with Crippen molar-refractivity contribution >= 4 is 24.3 Å². The van der Waals surface area contributed by atoms with Crippen LogP contribution < -0.4 is 10.6 Å². The molecule has 2 N–H and O–H groups in total. The monoisotopic (exact) mass is 278 g/mol. The first-order valence-electron chi connectivity index (χ1n) is 6.25. The van der Waals surface area contributed by atoms with Gasteiger partial charge in [0.15, 0.2) is 0 Å². The van der Waals surface area contributed by atoms with Gasteiger partial charge in [-0.2, -0.15) is 0 Å². The van der Waals surface area contributed by atoms with E-state index in [2.05, 4.69) is 15.4 Å². The van der Waals surface area contributed by atoms with Crippen molar-refractivity contribution < 1.29 is 14.3 Å². The van der Waals surface area contributed by atoms with Crippen LogP contribution in [0, 0.1) is 5.92 Å². The van der Waals surface area contributed by atoms with E-state index in [4.69, 9.17) is 0 Å². The van der Waals surface area contributed by atoms with Gasteiger partial charge in [-0.1, -0.05) is 6.92 Å². The third kappa shape index (κ3) is 5.69. The van der Waals surface area contributed by atoms with E-state index in [-0.39, 0.29) is 24.3 Å². The molecule has 0 aromatic carbocycles. The van der Waals surface area contributed by atoms with E-state index in [9.17, 15) is 9.59 Å². The summed E-state index contributed by atoms with van der Waals surface area (Å²) >= 11 is 0. The second kappa shape index (κ2) is 9.16. The van der Waals surface area contributed by atoms with Gasteiger partial charge < -0.3 is 15.4 Å². The number of carbonyl (C=O) groups is 2. The van der Waals surface area contributed by atoms with Crippen LogP contribution >= 0.6 is 12.4 Å². The maximum Gasteiger partial charge on any atom is 0.328 e. The molecule has 0 aliphatic carbocycles. The number of nitrogens with one attached hydrogen (secondary N) is 2. The molecular formula is C12H23ClN2O3. The minimum atomic E-state index is -0.505. The summed E-state index contributed by atoms with van der Waals surface area (Å²) in [6.07, 6.45) is 3.13.